The van der Waals surface area contributed by atoms with Gasteiger partial charge in [-0.25, -0.2) is 9.98 Å². The average molecular weight is 389 g/mol. The Bertz CT molecular complexity index is 902. The van der Waals surface area contributed by atoms with Crippen LogP contribution in [0.2, 0.25) is 5.02 Å². The maximum Gasteiger partial charge on any atom is 0.248 e. The molecule has 1 N–H and O–H groups in total. The van der Waals surface area contributed by atoms with Crippen molar-refractivity contribution in [3.05, 3.63) is 47.3 Å². The number of guanidine groups is 1. The van der Waals surface area contributed by atoms with E-state index in [-0.39, 0.29) is 6.54 Å². The number of halogens is 1. The molecule has 0 fully saturated rings. The maximum absolute atomic E-state index is 5.91. The highest BCUT2D eigenvalue weighted by Crippen LogP contribution is 2.18. The first-order valence-corrected chi connectivity index (χ1v) is 8.85. The van der Waals surface area contributed by atoms with Crippen LogP contribution in [0, 0.1) is 0 Å². The molecule has 9 nitrogen and oxygen atoms in total. The van der Waals surface area contributed by atoms with Crippen LogP contribution in [-0.2, 0) is 20.1 Å². The van der Waals surface area contributed by atoms with E-state index in [0.29, 0.717) is 29.2 Å². The Morgan fingerprint density at radius 2 is 2.11 bits per heavy atom. The Balaban J connectivity index is 1.69. The lowest BCUT2D eigenvalue weighted by atomic mass is 10.2. The van der Waals surface area contributed by atoms with E-state index in [1.165, 1.54) is 6.33 Å². The fraction of sp³-hybridized carbons (Fsp3) is 0.353. The van der Waals surface area contributed by atoms with Crippen molar-refractivity contribution in [2.24, 2.45) is 12.0 Å². The molecule has 3 aromatic rings. The van der Waals surface area contributed by atoms with Gasteiger partial charge in [-0.05, 0) is 31.2 Å². The summed E-state index contributed by atoms with van der Waals surface area (Å²) in [5.41, 5.74) is 0.838. The molecule has 1 aromatic carbocycles. The highest BCUT2D eigenvalue weighted by Gasteiger charge is 2.12. The Morgan fingerprint density at radius 1 is 1.33 bits per heavy atom. The van der Waals surface area contributed by atoms with E-state index in [9.17, 15) is 0 Å². The Kier molecular flexibility index (Phi) is 6.02. The quantitative estimate of drug-likeness (QED) is 0.510. The standard InChI is InChI=1S/C17H21ClN8O/c1-4-19-17(25(2)10-14-21-11-22-26(14)3)20-9-15-23-16(24-27-15)12-5-7-13(18)8-6-12/h5-8,11H,4,9-10H2,1-3H3,(H,19,20). The van der Waals surface area contributed by atoms with Gasteiger partial charge in [0.1, 0.15) is 18.7 Å². The fourth-order valence-corrected chi connectivity index (χ4v) is 2.52. The first-order valence-electron chi connectivity index (χ1n) is 8.47. The van der Waals surface area contributed by atoms with E-state index in [1.54, 1.807) is 16.8 Å². The third-order valence-electron chi connectivity index (χ3n) is 3.81. The van der Waals surface area contributed by atoms with Gasteiger partial charge < -0.3 is 14.7 Å². The molecule has 27 heavy (non-hydrogen) atoms. The van der Waals surface area contributed by atoms with Crippen molar-refractivity contribution in [1.29, 1.82) is 0 Å². The third-order valence-corrected chi connectivity index (χ3v) is 4.07. The van der Waals surface area contributed by atoms with Crippen LogP contribution in [0.1, 0.15) is 18.6 Å². The van der Waals surface area contributed by atoms with Gasteiger partial charge in [0, 0.05) is 31.2 Å². The maximum atomic E-state index is 5.91. The summed E-state index contributed by atoms with van der Waals surface area (Å²) in [7, 11) is 3.79. The van der Waals surface area contributed by atoms with E-state index >= 15 is 0 Å². The first kappa shape index (κ1) is 18.8. The lowest BCUT2D eigenvalue weighted by Gasteiger charge is -2.21. The Labute approximate surface area is 162 Å². The second-order valence-corrected chi connectivity index (χ2v) is 6.28. The number of benzene rings is 1. The number of aromatic nitrogens is 5. The monoisotopic (exact) mass is 388 g/mol. The molecule has 3 rings (SSSR count). The number of aryl methyl sites for hydroxylation is 1. The van der Waals surface area contributed by atoms with Gasteiger partial charge in [-0.1, -0.05) is 16.8 Å². The summed E-state index contributed by atoms with van der Waals surface area (Å²) in [5.74, 6) is 2.49. The van der Waals surface area contributed by atoms with Crippen LogP contribution in [0.15, 0.2) is 40.1 Å². The van der Waals surface area contributed by atoms with E-state index in [1.807, 2.05) is 38.1 Å². The fourth-order valence-electron chi connectivity index (χ4n) is 2.40. The zero-order valence-corrected chi connectivity index (χ0v) is 16.2. The van der Waals surface area contributed by atoms with Gasteiger partial charge in [0.2, 0.25) is 11.7 Å². The second kappa shape index (κ2) is 8.63. The topological polar surface area (TPSA) is 97.3 Å². The summed E-state index contributed by atoms with van der Waals surface area (Å²) in [6, 6.07) is 7.27. The molecule has 0 spiro atoms. The number of hydrogen-bond acceptors (Lipinski definition) is 6. The number of rotatable bonds is 6. The number of aliphatic imine (C=N–C) groups is 1. The lowest BCUT2D eigenvalue weighted by Crippen LogP contribution is -2.39. The molecule has 0 radical (unpaired) electrons. The van der Waals surface area contributed by atoms with Gasteiger partial charge in [0.15, 0.2) is 5.96 Å². The van der Waals surface area contributed by atoms with Gasteiger partial charge in [-0.3, -0.25) is 4.68 Å². The predicted octanol–water partition coefficient (Wildman–Crippen LogP) is 2.12. The first-order chi connectivity index (χ1) is 13.1. The molecule has 2 heterocycles. The molecule has 0 aliphatic heterocycles. The molecule has 0 saturated carbocycles. The van der Waals surface area contributed by atoms with Gasteiger partial charge in [-0.15, -0.1) is 0 Å². The van der Waals surface area contributed by atoms with Gasteiger partial charge >= 0.3 is 0 Å². The minimum absolute atomic E-state index is 0.270. The summed E-state index contributed by atoms with van der Waals surface area (Å²) in [6.45, 7) is 3.59. The van der Waals surface area contributed by atoms with E-state index in [0.717, 1.165) is 17.9 Å². The molecule has 10 heteroatoms. The summed E-state index contributed by atoms with van der Waals surface area (Å²) in [4.78, 5) is 15.2. The molecule has 0 atom stereocenters. The SMILES string of the molecule is CCNC(=NCc1nc(-c2ccc(Cl)cc2)no1)N(C)Cc1ncnn1C. The van der Waals surface area contributed by atoms with Crippen LogP contribution in [0.4, 0.5) is 0 Å². The molecule has 0 unspecified atom stereocenters. The van der Waals surface area contributed by atoms with E-state index < -0.39 is 0 Å². The van der Waals surface area contributed by atoms with Crippen molar-refractivity contribution in [3.63, 3.8) is 0 Å². The van der Waals surface area contributed by atoms with Crippen LogP contribution >= 0.6 is 11.6 Å². The molecule has 0 aliphatic carbocycles. The molecular formula is C17H21ClN8O. The van der Waals surface area contributed by atoms with Crippen molar-refractivity contribution in [1.82, 2.24) is 35.1 Å². The molecular weight excluding hydrogens is 368 g/mol. The van der Waals surface area contributed by atoms with Crippen molar-refractivity contribution in [3.8, 4) is 11.4 Å². The third kappa shape index (κ3) is 4.82. The van der Waals surface area contributed by atoms with Gasteiger partial charge in [0.05, 0.1) is 6.54 Å². The average Bonchev–Trinajstić information content (AvgIpc) is 3.29. The van der Waals surface area contributed by atoms with Crippen molar-refractivity contribution in [2.45, 2.75) is 20.0 Å². The minimum atomic E-state index is 0.270. The zero-order chi connectivity index (χ0) is 19.2. The number of nitrogens with one attached hydrogen (secondary N) is 1. The summed E-state index contributed by atoms with van der Waals surface area (Å²) in [6.07, 6.45) is 1.53. The number of nitrogens with zero attached hydrogens (tertiary/aromatic N) is 7. The number of hydrogen-bond donors (Lipinski definition) is 1. The van der Waals surface area contributed by atoms with Crippen molar-refractivity contribution in [2.75, 3.05) is 13.6 Å². The largest absolute Gasteiger partial charge is 0.357 e. The van der Waals surface area contributed by atoms with Crippen molar-refractivity contribution < 1.29 is 4.52 Å². The van der Waals surface area contributed by atoms with E-state index in [2.05, 4.69) is 30.5 Å². The minimum Gasteiger partial charge on any atom is -0.357 e. The van der Waals surface area contributed by atoms with Crippen LogP contribution in [-0.4, -0.2) is 49.4 Å². The molecule has 0 bridgehead atoms. The van der Waals surface area contributed by atoms with Gasteiger partial charge in [-0.2, -0.15) is 10.1 Å². The molecule has 142 valence electrons. The highest BCUT2D eigenvalue weighted by molar-refractivity contribution is 6.30. The normalized spacial score (nSPS) is 11.6. The van der Waals surface area contributed by atoms with Crippen LogP contribution in [0.3, 0.4) is 0 Å². The highest BCUT2D eigenvalue weighted by atomic mass is 35.5. The molecule has 0 saturated heterocycles. The van der Waals surface area contributed by atoms with Crippen LogP contribution < -0.4 is 5.32 Å². The van der Waals surface area contributed by atoms with Crippen molar-refractivity contribution >= 4 is 17.6 Å². The Morgan fingerprint density at radius 3 is 2.78 bits per heavy atom. The van der Waals surface area contributed by atoms with E-state index in [4.69, 9.17) is 16.1 Å². The molecule has 0 amide bonds. The Hall–Kier alpha value is -2.94. The zero-order valence-electron chi connectivity index (χ0n) is 15.4. The predicted molar refractivity (Wildman–Crippen MR) is 102 cm³/mol. The summed E-state index contributed by atoms with van der Waals surface area (Å²) in [5, 5.41) is 12.0. The smallest absolute Gasteiger partial charge is 0.248 e. The summed E-state index contributed by atoms with van der Waals surface area (Å²) >= 11 is 5.91. The molecule has 2 aromatic heterocycles. The van der Waals surface area contributed by atoms with Gasteiger partial charge in [0.25, 0.3) is 0 Å². The van der Waals surface area contributed by atoms with Crippen LogP contribution in [0.5, 0.6) is 0 Å². The summed E-state index contributed by atoms with van der Waals surface area (Å²) < 4.78 is 7.04. The lowest BCUT2D eigenvalue weighted by molar-refractivity contribution is 0.378. The second-order valence-electron chi connectivity index (χ2n) is 5.84. The van der Waals surface area contributed by atoms with Crippen LogP contribution in [0.25, 0.3) is 11.4 Å². The molecule has 0 aliphatic rings.